The van der Waals surface area contributed by atoms with Gasteiger partial charge in [-0.05, 0) is 18.2 Å². The van der Waals surface area contributed by atoms with Gasteiger partial charge < -0.3 is 5.73 Å². The molecule has 0 heterocycles. The molecule has 0 spiro atoms. The number of benzene rings is 1. The highest BCUT2D eigenvalue weighted by Crippen LogP contribution is 2.27. The summed E-state index contributed by atoms with van der Waals surface area (Å²) in [5.41, 5.74) is 6.51. The Bertz CT molecular complexity index is 317. The van der Waals surface area contributed by atoms with E-state index >= 15 is 0 Å². The second kappa shape index (κ2) is 4.44. The third-order valence-corrected chi connectivity index (χ3v) is 2.77. The molecule has 0 unspecified atom stereocenters. The Morgan fingerprint density at radius 2 is 2.33 bits per heavy atom. The number of thioether (sulfide) groups is 1. The summed E-state index contributed by atoms with van der Waals surface area (Å²) in [5, 5.41) is 0. The van der Waals surface area contributed by atoms with Gasteiger partial charge >= 0.3 is 0 Å². The number of anilines is 1. The highest BCUT2D eigenvalue weighted by Gasteiger charge is 1.98. The summed E-state index contributed by atoms with van der Waals surface area (Å²) in [6.07, 6.45) is 5.14. The van der Waals surface area contributed by atoms with Crippen LogP contribution in [0, 0.1) is 12.3 Å². The lowest BCUT2D eigenvalue weighted by Gasteiger charge is -2.02. The Morgan fingerprint density at radius 1 is 1.58 bits per heavy atom. The van der Waals surface area contributed by atoms with E-state index in [1.165, 1.54) is 0 Å². The van der Waals surface area contributed by atoms with Crippen LogP contribution in [0.3, 0.4) is 0 Å². The van der Waals surface area contributed by atoms with E-state index in [1.54, 1.807) is 11.8 Å². The smallest absolute Gasteiger partial charge is 0.0592 e. The Kier molecular flexibility index (Phi) is 3.51. The van der Waals surface area contributed by atoms with Crippen molar-refractivity contribution in [3.63, 3.8) is 0 Å². The lowest BCUT2D eigenvalue weighted by molar-refractivity contribution is 1.44. The predicted octanol–water partition coefficient (Wildman–Crippen LogP) is 2.76. The largest absolute Gasteiger partial charge is 0.398 e. The van der Waals surface area contributed by atoms with Gasteiger partial charge in [0.25, 0.3) is 0 Å². The molecule has 12 heavy (non-hydrogen) atoms. The first-order valence-corrected chi connectivity index (χ1v) is 5.13. The van der Waals surface area contributed by atoms with Gasteiger partial charge in [0, 0.05) is 15.1 Å². The molecule has 3 heteroatoms. The number of rotatable bonds is 2. The van der Waals surface area contributed by atoms with Crippen LogP contribution < -0.4 is 5.73 Å². The third-order valence-electron chi connectivity index (χ3n) is 1.28. The van der Waals surface area contributed by atoms with Crippen LogP contribution in [0.15, 0.2) is 27.6 Å². The molecule has 2 N–H and O–H groups in total. The first-order valence-electron chi connectivity index (χ1n) is 3.35. The topological polar surface area (TPSA) is 26.0 Å². The van der Waals surface area contributed by atoms with Crippen molar-refractivity contribution in [2.24, 2.45) is 0 Å². The second-order valence-corrected chi connectivity index (χ2v) is 4.11. The third kappa shape index (κ3) is 2.47. The number of hydrogen-bond acceptors (Lipinski definition) is 2. The lowest BCUT2D eigenvalue weighted by atomic mass is 10.3. The monoisotopic (exact) mass is 241 g/mol. The molecular formula is C9H8BrNS. The molecule has 1 aromatic carbocycles. The summed E-state index contributed by atoms with van der Waals surface area (Å²) >= 11 is 4.91. The van der Waals surface area contributed by atoms with Crippen LogP contribution in [0.25, 0.3) is 0 Å². The standard InChI is InChI=1S/C9H8BrNS/c1-2-5-12-9-4-3-7(10)6-8(9)11/h1,3-4,6H,5,11H2. The van der Waals surface area contributed by atoms with Crippen molar-refractivity contribution in [3.8, 4) is 12.3 Å². The van der Waals surface area contributed by atoms with E-state index in [0.29, 0.717) is 5.75 Å². The molecule has 0 aliphatic carbocycles. The first kappa shape index (κ1) is 9.50. The number of nitrogen functional groups attached to an aromatic ring is 1. The summed E-state index contributed by atoms with van der Waals surface area (Å²) in [4.78, 5) is 1.04. The zero-order chi connectivity index (χ0) is 8.97. The van der Waals surface area contributed by atoms with E-state index in [-0.39, 0.29) is 0 Å². The van der Waals surface area contributed by atoms with Crippen molar-refractivity contribution in [2.75, 3.05) is 11.5 Å². The zero-order valence-corrected chi connectivity index (χ0v) is 8.78. The molecule has 0 amide bonds. The predicted molar refractivity (Wildman–Crippen MR) is 58.1 cm³/mol. The summed E-state index contributed by atoms with van der Waals surface area (Å²) in [5.74, 6) is 3.21. The summed E-state index contributed by atoms with van der Waals surface area (Å²) in [6, 6.07) is 5.79. The summed E-state index contributed by atoms with van der Waals surface area (Å²) in [6.45, 7) is 0. The Morgan fingerprint density at radius 3 is 2.92 bits per heavy atom. The van der Waals surface area contributed by atoms with Crippen molar-refractivity contribution in [2.45, 2.75) is 4.90 Å². The number of nitrogens with two attached hydrogens (primary N) is 1. The fourth-order valence-electron chi connectivity index (χ4n) is 0.770. The Labute approximate surface area is 84.9 Å². The minimum atomic E-state index is 0.659. The van der Waals surface area contributed by atoms with Crippen molar-refractivity contribution in [1.29, 1.82) is 0 Å². The first-order chi connectivity index (χ1) is 5.74. The van der Waals surface area contributed by atoms with Gasteiger partial charge in [-0.3, -0.25) is 0 Å². The van der Waals surface area contributed by atoms with Crippen LogP contribution >= 0.6 is 27.7 Å². The van der Waals surface area contributed by atoms with E-state index in [2.05, 4.69) is 21.9 Å². The molecule has 1 rings (SSSR count). The van der Waals surface area contributed by atoms with E-state index in [9.17, 15) is 0 Å². The van der Waals surface area contributed by atoms with Crippen LogP contribution in [0.5, 0.6) is 0 Å². The average molecular weight is 242 g/mol. The SMILES string of the molecule is C#CCSc1ccc(Br)cc1N. The minimum Gasteiger partial charge on any atom is -0.398 e. The van der Waals surface area contributed by atoms with Crippen LogP contribution in [0.2, 0.25) is 0 Å². The Hall–Kier alpha value is -0.590. The van der Waals surface area contributed by atoms with Crippen molar-refractivity contribution < 1.29 is 0 Å². The van der Waals surface area contributed by atoms with Gasteiger partial charge in [-0.25, -0.2) is 0 Å². The zero-order valence-electron chi connectivity index (χ0n) is 6.38. The van der Waals surface area contributed by atoms with Gasteiger partial charge in [-0.2, -0.15) is 0 Å². The van der Waals surface area contributed by atoms with E-state index in [1.807, 2.05) is 18.2 Å². The maximum Gasteiger partial charge on any atom is 0.0592 e. The van der Waals surface area contributed by atoms with E-state index in [0.717, 1.165) is 15.1 Å². The number of halogens is 1. The summed E-state index contributed by atoms with van der Waals surface area (Å²) in [7, 11) is 0. The van der Waals surface area contributed by atoms with Gasteiger partial charge in [-0.15, -0.1) is 18.2 Å². The van der Waals surface area contributed by atoms with Crippen molar-refractivity contribution in [1.82, 2.24) is 0 Å². The Balaban J connectivity index is 2.81. The molecule has 0 saturated carbocycles. The molecule has 1 nitrogen and oxygen atoms in total. The highest BCUT2D eigenvalue weighted by molar-refractivity contribution is 9.10. The molecule has 0 aromatic heterocycles. The van der Waals surface area contributed by atoms with Gasteiger partial charge in [0.05, 0.1) is 5.75 Å². The molecule has 0 saturated heterocycles. The molecule has 0 radical (unpaired) electrons. The molecule has 62 valence electrons. The van der Waals surface area contributed by atoms with E-state index in [4.69, 9.17) is 12.2 Å². The van der Waals surface area contributed by atoms with Crippen molar-refractivity contribution >= 4 is 33.4 Å². The average Bonchev–Trinajstić information content (AvgIpc) is 2.03. The molecular weight excluding hydrogens is 234 g/mol. The fourth-order valence-corrected chi connectivity index (χ4v) is 1.78. The maximum atomic E-state index is 5.74. The molecule has 0 fully saturated rings. The minimum absolute atomic E-state index is 0.659. The number of terminal acetylenes is 1. The molecule has 0 atom stereocenters. The number of hydrogen-bond donors (Lipinski definition) is 1. The summed E-state index contributed by atoms with van der Waals surface area (Å²) < 4.78 is 0.991. The van der Waals surface area contributed by atoms with Gasteiger partial charge in [-0.1, -0.05) is 21.9 Å². The molecule has 0 bridgehead atoms. The van der Waals surface area contributed by atoms with Crippen LogP contribution in [0.4, 0.5) is 5.69 Å². The molecule has 1 aromatic rings. The quantitative estimate of drug-likeness (QED) is 0.490. The highest BCUT2D eigenvalue weighted by atomic mass is 79.9. The fraction of sp³-hybridized carbons (Fsp3) is 0.111. The molecule has 0 aliphatic heterocycles. The lowest BCUT2D eigenvalue weighted by Crippen LogP contribution is -1.88. The van der Waals surface area contributed by atoms with Gasteiger partial charge in [0.15, 0.2) is 0 Å². The second-order valence-electron chi connectivity index (χ2n) is 2.17. The van der Waals surface area contributed by atoms with Crippen LogP contribution in [-0.2, 0) is 0 Å². The van der Waals surface area contributed by atoms with Crippen molar-refractivity contribution in [3.05, 3.63) is 22.7 Å². The van der Waals surface area contributed by atoms with Gasteiger partial charge in [0.1, 0.15) is 0 Å². The van der Waals surface area contributed by atoms with Gasteiger partial charge in [0.2, 0.25) is 0 Å². The van der Waals surface area contributed by atoms with Crippen LogP contribution in [-0.4, -0.2) is 5.75 Å². The molecule has 0 aliphatic rings. The van der Waals surface area contributed by atoms with Crippen LogP contribution in [0.1, 0.15) is 0 Å². The normalized spacial score (nSPS) is 9.33. The maximum absolute atomic E-state index is 5.74. The van der Waals surface area contributed by atoms with E-state index < -0.39 is 0 Å².